The maximum atomic E-state index is 12.3. The Kier molecular flexibility index (Phi) is 6.40. The Morgan fingerprint density at radius 2 is 1.78 bits per heavy atom. The van der Waals surface area contributed by atoms with Crippen LogP contribution in [0.2, 0.25) is 0 Å². The summed E-state index contributed by atoms with van der Waals surface area (Å²) in [5.41, 5.74) is 4.21. The van der Waals surface area contributed by atoms with Crippen molar-refractivity contribution in [1.29, 1.82) is 0 Å². The maximum Gasteiger partial charge on any atom is 0.410 e. The number of hydrogen-bond acceptors (Lipinski definition) is 4. The second-order valence-corrected chi connectivity index (χ2v) is 9.79. The molecule has 1 saturated heterocycles. The van der Waals surface area contributed by atoms with E-state index in [-0.39, 0.29) is 6.09 Å². The molecule has 32 heavy (non-hydrogen) atoms. The molecule has 1 aromatic heterocycles. The predicted molar refractivity (Wildman–Crippen MR) is 129 cm³/mol. The Balaban J connectivity index is 1.40. The van der Waals surface area contributed by atoms with E-state index in [1.165, 1.54) is 11.1 Å². The monoisotopic (exact) mass is 434 g/mol. The van der Waals surface area contributed by atoms with Crippen LogP contribution in [0.1, 0.15) is 44.7 Å². The Bertz CT molecular complexity index is 1060. The number of likely N-dealkylation sites (tertiary alicyclic amines) is 1. The van der Waals surface area contributed by atoms with Gasteiger partial charge >= 0.3 is 6.09 Å². The third kappa shape index (κ3) is 5.42. The maximum absolute atomic E-state index is 12.3. The molecule has 1 aliphatic rings. The minimum absolute atomic E-state index is 0.205. The van der Waals surface area contributed by atoms with Gasteiger partial charge in [0.25, 0.3) is 0 Å². The molecule has 6 heteroatoms. The first-order valence-corrected chi connectivity index (χ1v) is 11.5. The van der Waals surface area contributed by atoms with E-state index in [4.69, 9.17) is 9.72 Å². The van der Waals surface area contributed by atoms with Crippen LogP contribution < -0.4 is 5.32 Å². The molecule has 0 aliphatic carbocycles. The van der Waals surface area contributed by atoms with Gasteiger partial charge in [-0.25, -0.2) is 9.78 Å². The van der Waals surface area contributed by atoms with Crippen molar-refractivity contribution < 1.29 is 9.53 Å². The number of nitrogens with zero attached hydrogens (tertiary/aromatic N) is 3. The molecule has 1 N–H and O–H groups in total. The summed E-state index contributed by atoms with van der Waals surface area (Å²) in [5.74, 6) is 1.41. The summed E-state index contributed by atoms with van der Waals surface area (Å²) in [6, 6.07) is 16.9. The summed E-state index contributed by atoms with van der Waals surface area (Å²) < 4.78 is 7.77. The van der Waals surface area contributed by atoms with Gasteiger partial charge < -0.3 is 19.5 Å². The van der Waals surface area contributed by atoms with Crippen LogP contribution in [0, 0.1) is 12.8 Å². The number of rotatable bonds is 5. The summed E-state index contributed by atoms with van der Waals surface area (Å²) in [5, 5.41) is 3.60. The van der Waals surface area contributed by atoms with Gasteiger partial charge in [-0.2, -0.15) is 0 Å². The number of anilines is 1. The molecule has 2 heterocycles. The molecule has 0 atom stereocenters. The third-order valence-corrected chi connectivity index (χ3v) is 5.93. The largest absolute Gasteiger partial charge is 0.444 e. The fourth-order valence-corrected chi connectivity index (χ4v) is 4.13. The van der Waals surface area contributed by atoms with Crippen LogP contribution in [0.4, 0.5) is 10.7 Å². The first-order chi connectivity index (χ1) is 15.3. The molecule has 0 spiro atoms. The number of amides is 1. The lowest BCUT2D eigenvalue weighted by Gasteiger charge is -2.33. The van der Waals surface area contributed by atoms with Gasteiger partial charge in [0.15, 0.2) is 0 Å². The molecule has 0 saturated carbocycles. The van der Waals surface area contributed by atoms with Crippen LogP contribution in [0.15, 0.2) is 48.5 Å². The standard InChI is InChI=1S/C26H34N4O2/c1-19-9-11-21(12-10-19)18-30-23-8-6-5-7-22(23)28-24(30)27-17-20-13-15-29(16-14-20)25(31)32-26(2,3)4/h5-12,20H,13-18H2,1-4H3,(H,27,28). The van der Waals surface area contributed by atoms with Crippen molar-refractivity contribution >= 4 is 23.1 Å². The van der Waals surface area contributed by atoms with Crippen LogP contribution in [0.5, 0.6) is 0 Å². The van der Waals surface area contributed by atoms with Crippen LogP contribution >= 0.6 is 0 Å². The van der Waals surface area contributed by atoms with Gasteiger partial charge in [0.1, 0.15) is 5.60 Å². The van der Waals surface area contributed by atoms with E-state index in [9.17, 15) is 4.79 Å². The topological polar surface area (TPSA) is 59.4 Å². The minimum atomic E-state index is -0.452. The van der Waals surface area contributed by atoms with E-state index in [1.54, 1.807) is 0 Å². The van der Waals surface area contributed by atoms with Gasteiger partial charge in [-0.05, 0) is 64.2 Å². The number of aryl methyl sites for hydroxylation is 1. The number of hydrogen-bond donors (Lipinski definition) is 1. The normalized spacial score (nSPS) is 15.2. The average Bonchev–Trinajstić information content (AvgIpc) is 3.10. The summed E-state index contributed by atoms with van der Waals surface area (Å²) in [4.78, 5) is 19.0. The molecule has 2 aromatic carbocycles. The van der Waals surface area contributed by atoms with Gasteiger partial charge in [0.2, 0.25) is 5.95 Å². The Labute approximate surface area is 190 Å². The predicted octanol–water partition coefficient (Wildman–Crippen LogP) is 5.45. The van der Waals surface area contributed by atoms with E-state index in [2.05, 4.69) is 59.3 Å². The molecule has 1 amide bonds. The molecule has 3 aromatic rings. The lowest BCUT2D eigenvalue weighted by Crippen LogP contribution is -2.42. The molecule has 0 radical (unpaired) electrons. The highest BCUT2D eigenvalue weighted by atomic mass is 16.6. The molecule has 0 bridgehead atoms. The van der Waals surface area contributed by atoms with E-state index in [0.29, 0.717) is 5.92 Å². The van der Waals surface area contributed by atoms with E-state index in [0.717, 1.165) is 56.0 Å². The summed E-state index contributed by atoms with van der Waals surface area (Å²) in [6.07, 6.45) is 1.72. The highest BCUT2D eigenvalue weighted by molar-refractivity contribution is 5.78. The van der Waals surface area contributed by atoms with Gasteiger partial charge in [-0.1, -0.05) is 42.0 Å². The lowest BCUT2D eigenvalue weighted by atomic mass is 9.97. The molecule has 170 valence electrons. The Morgan fingerprint density at radius 1 is 1.09 bits per heavy atom. The number of aromatic nitrogens is 2. The highest BCUT2D eigenvalue weighted by Gasteiger charge is 2.27. The molecule has 1 aliphatic heterocycles. The van der Waals surface area contributed by atoms with Crippen molar-refractivity contribution in [2.75, 3.05) is 25.0 Å². The van der Waals surface area contributed by atoms with Gasteiger partial charge in [0.05, 0.1) is 17.6 Å². The van der Waals surface area contributed by atoms with Crippen molar-refractivity contribution in [3.8, 4) is 0 Å². The number of ether oxygens (including phenoxy) is 1. The highest BCUT2D eigenvalue weighted by Crippen LogP contribution is 2.24. The fraction of sp³-hybridized carbons (Fsp3) is 0.462. The van der Waals surface area contributed by atoms with E-state index < -0.39 is 5.60 Å². The minimum Gasteiger partial charge on any atom is -0.444 e. The van der Waals surface area contributed by atoms with Crippen molar-refractivity contribution in [3.05, 3.63) is 59.7 Å². The molecule has 0 unspecified atom stereocenters. The number of piperidine rings is 1. The van der Waals surface area contributed by atoms with E-state index in [1.807, 2.05) is 31.7 Å². The number of nitrogens with one attached hydrogen (secondary N) is 1. The number of benzene rings is 2. The Hall–Kier alpha value is -3.02. The number of imidazole rings is 1. The Morgan fingerprint density at radius 3 is 2.47 bits per heavy atom. The third-order valence-electron chi connectivity index (χ3n) is 5.93. The summed E-state index contributed by atoms with van der Waals surface area (Å²) >= 11 is 0. The molecular weight excluding hydrogens is 400 g/mol. The zero-order chi connectivity index (χ0) is 22.7. The SMILES string of the molecule is Cc1ccc(Cn2c(NCC3CCN(C(=O)OC(C)(C)C)CC3)nc3ccccc32)cc1. The first kappa shape index (κ1) is 22.2. The summed E-state index contributed by atoms with van der Waals surface area (Å²) in [7, 11) is 0. The van der Waals surface area contributed by atoms with Gasteiger partial charge in [-0.3, -0.25) is 0 Å². The smallest absolute Gasteiger partial charge is 0.410 e. The first-order valence-electron chi connectivity index (χ1n) is 11.5. The number of carbonyl (C=O) groups is 1. The van der Waals surface area contributed by atoms with Crippen LogP contribution in [0.25, 0.3) is 11.0 Å². The molecule has 4 rings (SSSR count). The number of para-hydroxylation sites is 2. The van der Waals surface area contributed by atoms with Crippen LogP contribution in [-0.4, -0.2) is 45.8 Å². The van der Waals surface area contributed by atoms with Gasteiger partial charge in [-0.15, -0.1) is 0 Å². The van der Waals surface area contributed by atoms with Crippen LogP contribution in [-0.2, 0) is 11.3 Å². The number of carbonyl (C=O) groups excluding carboxylic acids is 1. The summed E-state index contributed by atoms with van der Waals surface area (Å²) in [6.45, 7) is 10.9. The van der Waals surface area contributed by atoms with Crippen molar-refractivity contribution in [2.24, 2.45) is 5.92 Å². The fourth-order valence-electron chi connectivity index (χ4n) is 4.13. The molecule has 1 fully saturated rings. The van der Waals surface area contributed by atoms with Crippen LogP contribution in [0.3, 0.4) is 0 Å². The average molecular weight is 435 g/mol. The van der Waals surface area contributed by atoms with Crippen molar-refractivity contribution in [2.45, 2.75) is 52.7 Å². The molecule has 6 nitrogen and oxygen atoms in total. The van der Waals surface area contributed by atoms with Gasteiger partial charge in [0, 0.05) is 19.6 Å². The lowest BCUT2D eigenvalue weighted by molar-refractivity contribution is 0.0188. The van der Waals surface area contributed by atoms with E-state index >= 15 is 0 Å². The quantitative estimate of drug-likeness (QED) is 0.580. The zero-order valence-corrected chi connectivity index (χ0v) is 19.6. The second-order valence-electron chi connectivity index (χ2n) is 9.79. The number of fused-ring (bicyclic) bond motifs is 1. The van der Waals surface area contributed by atoms with Crippen molar-refractivity contribution in [3.63, 3.8) is 0 Å². The zero-order valence-electron chi connectivity index (χ0n) is 19.6. The second kappa shape index (κ2) is 9.23. The van der Waals surface area contributed by atoms with Crippen molar-refractivity contribution in [1.82, 2.24) is 14.5 Å². The molecular formula is C26H34N4O2.